The Hall–Kier alpha value is -3.82. The SMILES string of the molecule is Cc1ccc2cccc(OCc3c(Cl)ccc(N(C)C(=O)CNC(=O)C=Cc4ccc(OCCO)cc4)c3Cl)c2n1.Cl. The molecule has 11 heteroatoms. The molecule has 3 aromatic carbocycles. The number of anilines is 1. The molecule has 8 nitrogen and oxygen atoms in total. The summed E-state index contributed by atoms with van der Waals surface area (Å²) in [5.74, 6) is 0.407. The van der Waals surface area contributed by atoms with Crippen LogP contribution >= 0.6 is 35.6 Å². The zero-order chi connectivity index (χ0) is 29.4. The normalized spacial score (nSPS) is 10.8. The molecular weight excluding hydrogens is 601 g/mol. The fraction of sp³-hybridized carbons (Fsp3) is 0.194. The molecule has 0 aliphatic carbocycles. The van der Waals surface area contributed by atoms with Crippen LogP contribution in [0.4, 0.5) is 5.69 Å². The third-order valence-electron chi connectivity index (χ3n) is 6.18. The van der Waals surface area contributed by atoms with Gasteiger partial charge in [-0.3, -0.25) is 9.59 Å². The number of aromatic nitrogens is 1. The van der Waals surface area contributed by atoms with Crippen LogP contribution in [0.3, 0.4) is 0 Å². The van der Waals surface area contributed by atoms with Crippen molar-refractivity contribution in [2.24, 2.45) is 0 Å². The molecule has 0 radical (unpaired) electrons. The summed E-state index contributed by atoms with van der Waals surface area (Å²) in [5, 5.41) is 13.0. The molecule has 0 bridgehead atoms. The number of likely N-dealkylation sites (N-methyl/N-ethyl adjacent to an activating group) is 1. The first-order chi connectivity index (χ1) is 19.8. The summed E-state index contributed by atoms with van der Waals surface area (Å²) in [4.78, 5) is 31.1. The van der Waals surface area contributed by atoms with Crippen molar-refractivity contribution in [2.75, 3.05) is 31.7 Å². The summed E-state index contributed by atoms with van der Waals surface area (Å²) in [6.07, 6.45) is 2.96. The van der Waals surface area contributed by atoms with Gasteiger partial charge in [-0.15, -0.1) is 12.4 Å². The second-order valence-electron chi connectivity index (χ2n) is 9.07. The predicted molar refractivity (Wildman–Crippen MR) is 169 cm³/mol. The molecule has 4 rings (SSSR count). The number of benzene rings is 3. The first-order valence-corrected chi connectivity index (χ1v) is 13.5. The molecule has 42 heavy (non-hydrogen) atoms. The maximum atomic E-state index is 12.9. The number of aliphatic hydroxyl groups excluding tert-OH is 1. The van der Waals surface area contributed by atoms with Gasteiger partial charge in [0.05, 0.1) is 23.9 Å². The number of hydrogen-bond donors (Lipinski definition) is 2. The van der Waals surface area contributed by atoms with Gasteiger partial charge in [-0.2, -0.15) is 0 Å². The number of ether oxygens (including phenoxy) is 2. The molecule has 0 saturated heterocycles. The van der Waals surface area contributed by atoms with E-state index in [9.17, 15) is 9.59 Å². The Morgan fingerprint density at radius 2 is 1.79 bits per heavy atom. The molecule has 0 aliphatic heterocycles. The topological polar surface area (TPSA) is 101 Å². The minimum Gasteiger partial charge on any atom is -0.491 e. The number of carbonyl (C=O) groups excluding carboxylic acids is 2. The Morgan fingerprint density at radius 3 is 2.52 bits per heavy atom. The van der Waals surface area contributed by atoms with E-state index in [1.165, 1.54) is 11.0 Å². The van der Waals surface area contributed by atoms with E-state index in [0.29, 0.717) is 27.8 Å². The van der Waals surface area contributed by atoms with Gasteiger partial charge in [0.2, 0.25) is 11.8 Å². The van der Waals surface area contributed by atoms with E-state index >= 15 is 0 Å². The van der Waals surface area contributed by atoms with E-state index in [2.05, 4.69) is 10.3 Å². The molecule has 0 saturated carbocycles. The maximum absolute atomic E-state index is 12.9. The molecule has 0 fully saturated rings. The van der Waals surface area contributed by atoms with Crippen molar-refractivity contribution in [3.8, 4) is 11.5 Å². The number of rotatable bonds is 11. The Bertz CT molecular complexity index is 1580. The number of carbonyl (C=O) groups is 2. The van der Waals surface area contributed by atoms with E-state index in [4.69, 9.17) is 37.8 Å². The fourth-order valence-corrected chi connectivity index (χ4v) is 4.55. The highest BCUT2D eigenvalue weighted by atomic mass is 35.5. The molecule has 4 aromatic rings. The van der Waals surface area contributed by atoms with Crippen LogP contribution < -0.4 is 19.7 Å². The lowest BCUT2D eigenvalue weighted by molar-refractivity contribution is -0.122. The van der Waals surface area contributed by atoms with Crippen LogP contribution in [0.25, 0.3) is 17.0 Å². The molecule has 1 aromatic heterocycles. The summed E-state index contributed by atoms with van der Waals surface area (Å²) in [7, 11) is 1.57. The van der Waals surface area contributed by atoms with Gasteiger partial charge >= 0.3 is 0 Å². The Balaban J connectivity index is 0.00000484. The standard InChI is InChI=1S/C31H29Cl2N3O5.ClH/c1-20-6-10-22-4-3-5-27(31(22)35-20)41-19-24-25(32)13-14-26(30(24)33)36(2)29(39)18-34-28(38)15-9-21-7-11-23(12-8-21)40-17-16-37;/h3-15,37H,16-19H2,1-2H3,(H,34,38);1H. The van der Waals surface area contributed by atoms with E-state index in [0.717, 1.165) is 22.2 Å². The third-order valence-corrected chi connectivity index (χ3v) is 6.95. The Labute approximate surface area is 260 Å². The fourth-order valence-electron chi connectivity index (χ4n) is 3.95. The molecule has 0 spiro atoms. The molecule has 220 valence electrons. The van der Waals surface area contributed by atoms with Crippen molar-refractivity contribution < 1.29 is 24.2 Å². The molecule has 1 heterocycles. The number of aliphatic hydroxyl groups is 1. The van der Waals surface area contributed by atoms with Crippen molar-refractivity contribution in [1.29, 1.82) is 0 Å². The lowest BCUT2D eigenvalue weighted by Gasteiger charge is -2.21. The average molecular weight is 631 g/mol. The second kappa shape index (κ2) is 15.4. The van der Waals surface area contributed by atoms with Crippen molar-refractivity contribution in [3.05, 3.63) is 99.7 Å². The number of hydrogen-bond acceptors (Lipinski definition) is 6. The number of para-hydroxylation sites is 1. The summed E-state index contributed by atoms with van der Waals surface area (Å²) in [6.45, 7) is 1.88. The summed E-state index contributed by atoms with van der Waals surface area (Å²) in [5.41, 5.74) is 3.33. The first-order valence-electron chi connectivity index (χ1n) is 12.8. The largest absolute Gasteiger partial charge is 0.491 e. The third kappa shape index (κ3) is 8.36. The quantitative estimate of drug-likeness (QED) is 0.197. The molecule has 0 atom stereocenters. The number of amides is 2. The second-order valence-corrected chi connectivity index (χ2v) is 9.86. The first kappa shape index (κ1) is 32.7. The smallest absolute Gasteiger partial charge is 0.246 e. The van der Waals surface area contributed by atoms with Crippen LogP contribution in [0.5, 0.6) is 11.5 Å². The Kier molecular flexibility index (Phi) is 12.0. The number of fused-ring (bicyclic) bond motifs is 1. The van der Waals surface area contributed by atoms with Crippen LogP contribution in [0.1, 0.15) is 16.8 Å². The highest BCUT2D eigenvalue weighted by Crippen LogP contribution is 2.35. The monoisotopic (exact) mass is 629 g/mol. The summed E-state index contributed by atoms with van der Waals surface area (Å²) < 4.78 is 11.4. The minimum atomic E-state index is -0.428. The van der Waals surface area contributed by atoms with Crippen LogP contribution in [-0.4, -0.2) is 48.7 Å². The summed E-state index contributed by atoms with van der Waals surface area (Å²) in [6, 6.07) is 19.9. The van der Waals surface area contributed by atoms with Gasteiger partial charge in [-0.05, 0) is 55.0 Å². The van der Waals surface area contributed by atoms with Crippen LogP contribution in [0.2, 0.25) is 10.0 Å². The minimum absolute atomic E-state index is 0. The molecule has 2 amide bonds. The van der Waals surface area contributed by atoms with Gasteiger partial charge in [0.15, 0.2) is 0 Å². The number of nitrogens with one attached hydrogen (secondary N) is 1. The van der Waals surface area contributed by atoms with Gasteiger partial charge in [0.25, 0.3) is 0 Å². The molecule has 0 aliphatic rings. The molecule has 2 N–H and O–H groups in total. The van der Waals surface area contributed by atoms with E-state index < -0.39 is 5.91 Å². The number of aryl methyl sites for hydroxylation is 1. The lowest BCUT2D eigenvalue weighted by Crippen LogP contribution is -2.37. The number of halogens is 3. The number of pyridine rings is 1. The van der Waals surface area contributed by atoms with E-state index in [-0.39, 0.29) is 49.7 Å². The van der Waals surface area contributed by atoms with Gasteiger partial charge in [0.1, 0.15) is 30.2 Å². The number of nitrogens with zero attached hydrogens (tertiary/aromatic N) is 2. The van der Waals surface area contributed by atoms with Crippen molar-refractivity contribution in [1.82, 2.24) is 10.3 Å². The maximum Gasteiger partial charge on any atom is 0.246 e. The van der Waals surface area contributed by atoms with Crippen molar-refractivity contribution >= 4 is 70.1 Å². The zero-order valence-electron chi connectivity index (χ0n) is 23.0. The Morgan fingerprint density at radius 1 is 1.02 bits per heavy atom. The van der Waals surface area contributed by atoms with Crippen LogP contribution in [-0.2, 0) is 16.2 Å². The van der Waals surface area contributed by atoms with E-state index in [1.54, 1.807) is 49.5 Å². The van der Waals surface area contributed by atoms with Gasteiger partial charge in [-0.25, -0.2) is 4.98 Å². The predicted octanol–water partition coefficient (Wildman–Crippen LogP) is 6.01. The van der Waals surface area contributed by atoms with E-state index in [1.807, 2.05) is 37.3 Å². The lowest BCUT2D eigenvalue weighted by atomic mass is 10.1. The van der Waals surface area contributed by atoms with Crippen LogP contribution in [0.15, 0.2) is 72.8 Å². The highest BCUT2D eigenvalue weighted by Gasteiger charge is 2.19. The van der Waals surface area contributed by atoms with Gasteiger partial charge in [-0.1, -0.05) is 53.5 Å². The average Bonchev–Trinajstić information content (AvgIpc) is 2.98. The molecule has 0 unspecified atom stereocenters. The van der Waals surface area contributed by atoms with Gasteiger partial charge < -0.3 is 24.8 Å². The van der Waals surface area contributed by atoms with Crippen molar-refractivity contribution in [2.45, 2.75) is 13.5 Å². The van der Waals surface area contributed by atoms with Crippen LogP contribution in [0, 0.1) is 6.92 Å². The zero-order valence-corrected chi connectivity index (χ0v) is 25.3. The highest BCUT2D eigenvalue weighted by molar-refractivity contribution is 6.38. The molecular formula is C31H30Cl3N3O5. The van der Waals surface area contributed by atoms with Gasteiger partial charge in [0, 0.05) is 34.8 Å². The van der Waals surface area contributed by atoms with Crippen molar-refractivity contribution in [3.63, 3.8) is 0 Å². The summed E-state index contributed by atoms with van der Waals surface area (Å²) >= 11 is 13.1.